The molecule has 0 saturated heterocycles. The van der Waals surface area contributed by atoms with Crippen molar-refractivity contribution in [1.82, 2.24) is 5.32 Å². The second-order valence-electron chi connectivity index (χ2n) is 3.56. The second kappa shape index (κ2) is 6.20. The van der Waals surface area contributed by atoms with Crippen LogP contribution in [0, 0.1) is 0 Å². The molecule has 0 aliphatic heterocycles. The van der Waals surface area contributed by atoms with E-state index in [4.69, 9.17) is 0 Å². The molecular weight excluding hydrogens is 238 g/mol. The lowest BCUT2D eigenvalue weighted by Gasteiger charge is -2.13. The number of rotatable bonds is 5. The molecule has 1 nitrogen and oxygen atoms in total. The van der Waals surface area contributed by atoms with Gasteiger partial charge < -0.3 is 5.32 Å². The molecule has 78 valence electrons. The molecule has 0 fully saturated rings. The van der Waals surface area contributed by atoms with Crippen LogP contribution in [0.25, 0.3) is 0 Å². The van der Waals surface area contributed by atoms with Crippen LogP contribution in [0.15, 0.2) is 28.7 Å². The second-order valence-corrected chi connectivity index (χ2v) is 4.48. The predicted molar refractivity (Wildman–Crippen MR) is 65.6 cm³/mol. The van der Waals surface area contributed by atoms with E-state index >= 15 is 0 Å². The van der Waals surface area contributed by atoms with Crippen molar-refractivity contribution in [1.29, 1.82) is 0 Å². The Morgan fingerprint density at radius 3 is 2.79 bits per heavy atom. The van der Waals surface area contributed by atoms with Gasteiger partial charge in [-0.05, 0) is 44.0 Å². The molecule has 1 N–H and O–H groups in total. The first kappa shape index (κ1) is 11.7. The lowest BCUT2D eigenvalue weighted by atomic mass is 10.0. The van der Waals surface area contributed by atoms with Gasteiger partial charge >= 0.3 is 0 Å². The van der Waals surface area contributed by atoms with Gasteiger partial charge in [-0.3, -0.25) is 0 Å². The fourth-order valence-electron chi connectivity index (χ4n) is 1.59. The Kier molecular flexibility index (Phi) is 5.20. The van der Waals surface area contributed by atoms with Crippen LogP contribution in [-0.2, 0) is 6.42 Å². The van der Waals surface area contributed by atoms with Gasteiger partial charge in [0.2, 0.25) is 0 Å². The van der Waals surface area contributed by atoms with E-state index in [1.54, 1.807) is 0 Å². The standard InChI is InChI=1S/C12H18BrN/c1-3-12(14-2)8-7-10-5-4-6-11(13)9-10/h4-6,9,12,14H,3,7-8H2,1-2H3. The first-order valence-corrected chi connectivity index (χ1v) is 5.97. The van der Waals surface area contributed by atoms with Gasteiger partial charge in [0.15, 0.2) is 0 Å². The summed E-state index contributed by atoms with van der Waals surface area (Å²) in [6.45, 7) is 2.22. The number of nitrogens with one attached hydrogen (secondary N) is 1. The molecular formula is C12H18BrN. The molecule has 1 atom stereocenters. The Balaban J connectivity index is 2.44. The molecule has 0 saturated carbocycles. The maximum atomic E-state index is 3.49. The maximum Gasteiger partial charge on any atom is 0.0177 e. The van der Waals surface area contributed by atoms with Gasteiger partial charge in [0, 0.05) is 10.5 Å². The van der Waals surface area contributed by atoms with E-state index in [0.717, 1.165) is 6.42 Å². The average molecular weight is 256 g/mol. The largest absolute Gasteiger partial charge is 0.317 e. The first-order chi connectivity index (χ1) is 6.76. The van der Waals surface area contributed by atoms with E-state index in [-0.39, 0.29) is 0 Å². The van der Waals surface area contributed by atoms with Crippen LogP contribution in [0.1, 0.15) is 25.3 Å². The summed E-state index contributed by atoms with van der Waals surface area (Å²) >= 11 is 3.49. The van der Waals surface area contributed by atoms with Crippen molar-refractivity contribution in [2.75, 3.05) is 7.05 Å². The Hall–Kier alpha value is -0.340. The first-order valence-electron chi connectivity index (χ1n) is 5.18. The zero-order valence-corrected chi connectivity index (χ0v) is 10.5. The molecule has 2 heteroatoms. The minimum absolute atomic E-state index is 0.647. The third-order valence-electron chi connectivity index (χ3n) is 2.57. The Bertz CT molecular complexity index is 269. The Morgan fingerprint density at radius 2 is 2.21 bits per heavy atom. The molecule has 0 aliphatic carbocycles. The molecule has 14 heavy (non-hydrogen) atoms. The number of benzene rings is 1. The van der Waals surface area contributed by atoms with Gasteiger partial charge in [-0.25, -0.2) is 0 Å². The lowest BCUT2D eigenvalue weighted by Crippen LogP contribution is -2.24. The average Bonchev–Trinajstić information content (AvgIpc) is 2.19. The molecule has 1 aromatic rings. The minimum atomic E-state index is 0.647. The van der Waals surface area contributed by atoms with E-state index in [1.165, 1.54) is 22.9 Å². The summed E-state index contributed by atoms with van der Waals surface area (Å²) in [7, 11) is 2.04. The van der Waals surface area contributed by atoms with Gasteiger partial charge in [-0.15, -0.1) is 0 Å². The van der Waals surface area contributed by atoms with E-state index in [1.807, 2.05) is 7.05 Å². The molecule has 0 spiro atoms. The molecule has 1 aromatic carbocycles. The van der Waals surface area contributed by atoms with E-state index in [0.29, 0.717) is 6.04 Å². The van der Waals surface area contributed by atoms with Crippen LogP contribution < -0.4 is 5.32 Å². The summed E-state index contributed by atoms with van der Waals surface area (Å²) in [6, 6.07) is 9.20. The minimum Gasteiger partial charge on any atom is -0.317 e. The van der Waals surface area contributed by atoms with E-state index in [9.17, 15) is 0 Å². The van der Waals surface area contributed by atoms with Gasteiger partial charge in [0.1, 0.15) is 0 Å². The highest BCUT2D eigenvalue weighted by Crippen LogP contribution is 2.14. The highest BCUT2D eigenvalue weighted by Gasteiger charge is 2.02. The number of hydrogen-bond acceptors (Lipinski definition) is 1. The Labute approximate surface area is 95.0 Å². The smallest absolute Gasteiger partial charge is 0.0177 e. The summed E-state index contributed by atoms with van der Waals surface area (Å²) in [5.41, 5.74) is 1.41. The number of aryl methyl sites for hydroxylation is 1. The van der Waals surface area contributed by atoms with Crippen LogP contribution in [0.3, 0.4) is 0 Å². The summed E-state index contributed by atoms with van der Waals surface area (Å²) in [6.07, 6.45) is 3.56. The van der Waals surface area contributed by atoms with E-state index in [2.05, 4.69) is 52.4 Å². The van der Waals surface area contributed by atoms with Gasteiger partial charge in [0.05, 0.1) is 0 Å². The van der Waals surface area contributed by atoms with Gasteiger partial charge in [-0.1, -0.05) is 35.0 Å². The van der Waals surface area contributed by atoms with Crippen LogP contribution >= 0.6 is 15.9 Å². The fraction of sp³-hybridized carbons (Fsp3) is 0.500. The predicted octanol–water partition coefficient (Wildman–Crippen LogP) is 3.38. The third kappa shape index (κ3) is 3.81. The van der Waals surface area contributed by atoms with E-state index < -0.39 is 0 Å². The van der Waals surface area contributed by atoms with Crippen LogP contribution in [-0.4, -0.2) is 13.1 Å². The van der Waals surface area contributed by atoms with Crippen molar-refractivity contribution in [2.45, 2.75) is 32.2 Å². The molecule has 1 unspecified atom stereocenters. The molecule has 0 amide bonds. The van der Waals surface area contributed by atoms with Crippen LogP contribution in [0.4, 0.5) is 0 Å². The zero-order valence-electron chi connectivity index (χ0n) is 8.89. The van der Waals surface area contributed by atoms with Crippen molar-refractivity contribution in [2.24, 2.45) is 0 Å². The van der Waals surface area contributed by atoms with Crippen molar-refractivity contribution >= 4 is 15.9 Å². The monoisotopic (exact) mass is 255 g/mol. The van der Waals surface area contributed by atoms with Crippen molar-refractivity contribution < 1.29 is 0 Å². The van der Waals surface area contributed by atoms with Gasteiger partial charge in [0.25, 0.3) is 0 Å². The lowest BCUT2D eigenvalue weighted by molar-refractivity contribution is 0.509. The normalized spacial score (nSPS) is 12.8. The molecule has 1 rings (SSSR count). The third-order valence-corrected chi connectivity index (χ3v) is 3.06. The van der Waals surface area contributed by atoms with Crippen molar-refractivity contribution in [3.8, 4) is 0 Å². The summed E-state index contributed by atoms with van der Waals surface area (Å²) in [5.74, 6) is 0. The number of hydrogen-bond donors (Lipinski definition) is 1. The zero-order chi connectivity index (χ0) is 10.4. The molecule has 0 aliphatic rings. The highest BCUT2D eigenvalue weighted by atomic mass is 79.9. The van der Waals surface area contributed by atoms with Crippen molar-refractivity contribution in [3.63, 3.8) is 0 Å². The summed E-state index contributed by atoms with van der Waals surface area (Å²) in [4.78, 5) is 0. The fourth-order valence-corrected chi connectivity index (χ4v) is 2.03. The Morgan fingerprint density at radius 1 is 1.43 bits per heavy atom. The van der Waals surface area contributed by atoms with Crippen LogP contribution in [0.5, 0.6) is 0 Å². The number of halogens is 1. The SMILES string of the molecule is CCC(CCc1cccc(Br)c1)NC. The topological polar surface area (TPSA) is 12.0 Å². The molecule has 0 heterocycles. The maximum absolute atomic E-state index is 3.49. The van der Waals surface area contributed by atoms with Crippen LogP contribution in [0.2, 0.25) is 0 Å². The molecule has 0 radical (unpaired) electrons. The molecule has 0 bridgehead atoms. The summed E-state index contributed by atoms with van der Waals surface area (Å²) in [5, 5.41) is 3.32. The summed E-state index contributed by atoms with van der Waals surface area (Å²) < 4.78 is 1.17. The van der Waals surface area contributed by atoms with Gasteiger partial charge in [-0.2, -0.15) is 0 Å². The molecule has 0 aromatic heterocycles. The quantitative estimate of drug-likeness (QED) is 0.851. The van der Waals surface area contributed by atoms with Crippen molar-refractivity contribution in [3.05, 3.63) is 34.3 Å². The highest BCUT2D eigenvalue weighted by molar-refractivity contribution is 9.10.